The first-order valence-electron chi connectivity index (χ1n) is 6.26. The maximum atomic E-state index is 3.64. The summed E-state index contributed by atoms with van der Waals surface area (Å²) in [5.74, 6) is 0.824. The number of halogens is 1. The Hall–Kier alpha value is -0.380. The summed E-state index contributed by atoms with van der Waals surface area (Å²) in [6.07, 6.45) is 0. The van der Waals surface area contributed by atoms with Crippen LogP contribution in [0.4, 0.5) is 0 Å². The summed E-state index contributed by atoms with van der Waals surface area (Å²) in [5, 5.41) is 6.89. The van der Waals surface area contributed by atoms with Crippen molar-refractivity contribution in [1.29, 1.82) is 0 Å². The lowest BCUT2D eigenvalue weighted by Gasteiger charge is -2.31. The molecule has 2 rings (SSSR count). The Morgan fingerprint density at radius 1 is 1.35 bits per heavy atom. The van der Waals surface area contributed by atoms with Gasteiger partial charge >= 0.3 is 0 Å². The van der Waals surface area contributed by atoms with E-state index in [-0.39, 0.29) is 5.41 Å². The van der Waals surface area contributed by atoms with Crippen molar-refractivity contribution in [3.63, 3.8) is 0 Å². The van der Waals surface area contributed by atoms with Crippen molar-refractivity contribution in [2.45, 2.75) is 19.3 Å². The van der Waals surface area contributed by atoms with Gasteiger partial charge in [0.25, 0.3) is 0 Å². The third-order valence-electron chi connectivity index (χ3n) is 3.47. The molecule has 3 heteroatoms. The molecule has 94 valence electrons. The summed E-state index contributed by atoms with van der Waals surface area (Å²) in [6, 6.07) is 8.50. The van der Waals surface area contributed by atoms with E-state index in [1.165, 1.54) is 23.1 Å². The lowest BCUT2D eigenvalue weighted by atomic mass is 9.84. The largest absolute Gasteiger partial charge is 0.316 e. The van der Waals surface area contributed by atoms with Crippen molar-refractivity contribution >= 4 is 15.9 Å². The molecule has 17 heavy (non-hydrogen) atoms. The van der Waals surface area contributed by atoms with E-state index in [1.807, 2.05) is 0 Å². The van der Waals surface area contributed by atoms with Gasteiger partial charge in [-0.05, 0) is 17.5 Å². The lowest BCUT2D eigenvalue weighted by molar-refractivity contribution is 0.319. The Morgan fingerprint density at radius 2 is 2.06 bits per heavy atom. The second kappa shape index (κ2) is 5.51. The molecule has 2 N–H and O–H groups in total. The molecular formula is C14H21BrN2. The molecule has 1 fully saturated rings. The summed E-state index contributed by atoms with van der Waals surface area (Å²) in [7, 11) is 0. The minimum Gasteiger partial charge on any atom is -0.316 e. The van der Waals surface area contributed by atoms with Gasteiger partial charge in [-0.15, -0.1) is 0 Å². The maximum Gasteiger partial charge on any atom is 0.0213 e. The van der Waals surface area contributed by atoms with E-state index in [0.717, 1.165) is 19.0 Å². The van der Waals surface area contributed by atoms with Crippen molar-refractivity contribution in [1.82, 2.24) is 10.6 Å². The zero-order valence-corrected chi connectivity index (χ0v) is 12.2. The van der Waals surface area contributed by atoms with E-state index in [1.54, 1.807) is 0 Å². The molecule has 1 aromatic carbocycles. The van der Waals surface area contributed by atoms with Crippen LogP contribution in [0.3, 0.4) is 0 Å². The number of nitrogens with one attached hydrogen (secondary N) is 2. The first-order chi connectivity index (χ1) is 8.09. The molecule has 0 spiro atoms. The van der Waals surface area contributed by atoms with Crippen LogP contribution in [-0.4, -0.2) is 26.2 Å². The molecular weight excluding hydrogens is 276 g/mol. The predicted octanol–water partition coefficient (Wildman–Crippen LogP) is 2.54. The van der Waals surface area contributed by atoms with Gasteiger partial charge in [-0.1, -0.05) is 48.0 Å². The highest BCUT2D eigenvalue weighted by Gasteiger charge is 2.23. The minimum atomic E-state index is 0.164. The predicted molar refractivity (Wildman–Crippen MR) is 76.4 cm³/mol. The zero-order chi connectivity index (χ0) is 12.3. The monoisotopic (exact) mass is 296 g/mol. The summed E-state index contributed by atoms with van der Waals surface area (Å²) >= 11 is 3.64. The molecule has 1 aliphatic rings. The Bertz CT molecular complexity index is 372. The maximum absolute atomic E-state index is 3.64. The highest BCUT2D eigenvalue weighted by atomic mass is 79.9. The molecule has 1 heterocycles. The molecule has 0 atom stereocenters. The fourth-order valence-electron chi connectivity index (χ4n) is 2.19. The van der Waals surface area contributed by atoms with Crippen LogP contribution in [0, 0.1) is 5.92 Å². The SMILES string of the molecule is CC(C)(CNCC1CNC1)c1ccccc1Br. The van der Waals surface area contributed by atoms with Crippen molar-refractivity contribution in [3.8, 4) is 0 Å². The van der Waals surface area contributed by atoms with Gasteiger partial charge in [0.1, 0.15) is 0 Å². The molecule has 0 bridgehead atoms. The van der Waals surface area contributed by atoms with Gasteiger partial charge in [-0.25, -0.2) is 0 Å². The van der Waals surface area contributed by atoms with Gasteiger partial charge in [0, 0.05) is 36.1 Å². The van der Waals surface area contributed by atoms with Gasteiger partial charge in [0.05, 0.1) is 0 Å². The molecule has 0 aliphatic carbocycles. The second-order valence-corrected chi connectivity index (χ2v) is 6.37. The topological polar surface area (TPSA) is 24.1 Å². The van der Waals surface area contributed by atoms with E-state index in [4.69, 9.17) is 0 Å². The normalized spacial score (nSPS) is 16.9. The number of hydrogen-bond donors (Lipinski definition) is 2. The molecule has 0 radical (unpaired) electrons. The Labute approximate surface area is 112 Å². The van der Waals surface area contributed by atoms with Crippen molar-refractivity contribution in [3.05, 3.63) is 34.3 Å². The van der Waals surface area contributed by atoms with Gasteiger partial charge in [0.15, 0.2) is 0 Å². The average molecular weight is 297 g/mol. The quantitative estimate of drug-likeness (QED) is 0.873. The molecule has 0 unspecified atom stereocenters. The zero-order valence-electron chi connectivity index (χ0n) is 10.6. The molecule has 0 aromatic heterocycles. The van der Waals surface area contributed by atoms with Gasteiger partial charge < -0.3 is 10.6 Å². The highest BCUT2D eigenvalue weighted by Crippen LogP contribution is 2.29. The molecule has 0 saturated carbocycles. The van der Waals surface area contributed by atoms with E-state index >= 15 is 0 Å². The molecule has 1 aliphatic heterocycles. The van der Waals surface area contributed by atoms with Crippen LogP contribution in [0.1, 0.15) is 19.4 Å². The second-order valence-electron chi connectivity index (χ2n) is 5.52. The fourth-order valence-corrected chi connectivity index (χ4v) is 3.01. The number of rotatable bonds is 5. The lowest BCUT2D eigenvalue weighted by Crippen LogP contribution is -2.48. The van der Waals surface area contributed by atoms with E-state index in [0.29, 0.717) is 0 Å². The standard InChI is InChI=1S/C14H21BrN2/c1-14(2,10-17-9-11-7-16-8-11)12-5-3-4-6-13(12)15/h3-6,11,16-17H,7-10H2,1-2H3. The molecule has 2 nitrogen and oxygen atoms in total. The molecule has 0 amide bonds. The third-order valence-corrected chi connectivity index (χ3v) is 4.16. The first-order valence-corrected chi connectivity index (χ1v) is 7.05. The van der Waals surface area contributed by atoms with Gasteiger partial charge in [-0.2, -0.15) is 0 Å². The third kappa shape index (κ3) is 3.30. The van der Waals surface area contributed by atoms with Gasteiger partial charge in [0.2, 0.25) is 0 Å². The van der Waals surface area contributed by atoms with Crippen LogP contribution >= 0.6 is 15.9 Å². The van der Waals surface area contributed by atoms with E-state index < -0.39 is 0 Å². The van der Waals surface area contributed by atoms with Crippen LogP contribution < -0.4 is 10.6 Å². The molecule has 1 saturated heterocycles. The first kappa shape index (κ1) is 13.1. The number of hydrogen-bond acceptors (Lipinski definition) is 2. The Morgan fingerprint density at radius 3 is 2.65 bits per heavy atom. The fraction of sp³-hybridized carbons (Fsp3) is 0.571. The van der Waals surface area contributed by atoms with E-state index in [2.05, 4.69) is 64.7 Å². The van der Waals surface area contributed by atoms with Crippen LogP contribution in [0.5, 0.6) is 0 Å². The Balaban J connectivity index is 1.90. The van der Waals surface area contributed by atoms with Crippen LogP contribution in [0.2, 0.25) is 0 Å². The smallest absolute Gasteiger partial charge is 0.0213 e. The van der Waals surface area contributed by atoms with Crippen LogP contribution in [0.15, 0.2) is 28.7 Å². The average Bonchev–Trinajstić information content (AvgIpc) is 2.22. The van der Waals surface area contributed by atoms with Crippen LogP contribution in [-0.2, 0) is 5.41 Å². The minimum absolute atomic E-state index is 0.164. The summed E-state index contributed by atoms with van der Waals surface area (Å²) < 4.78 is 1.21. The van der Waals surface area contributed by atoms with E-state index in [9.17, 15) is 0 Å². The summed E-state index contributed by atoms with van der Waals surface area (Å²) in [6.45, 7) is 9.07. The summed E-state index contributed by atoms with van der Waals surface area (Å²) in [4.78, 5) is 0. The Kier molecular flexibility index (Phi) is 4.23. The highest BCUT2D eigenvalue weighted by molar-refractivity contribution is 9.10. The molecule has 1 aromatic rings. The summed E-state index contributed by atoms with van der Waals surface area (Å²) in [5.41, 5.74) is 1.54. The van der Waals surface area contributed by atoms with Crippen molar-refractivity contribution in [2.75, 3.05) is 26.2 Å². The van der Waals surface area contributed by atoms with Crippen molar-refractivity contribution in [2.24, 2.45) is 5.92 Å². The number of benzene rings is 1. The van der Waals surface area contributed by atoms with Gasteiger partial charge in [-0.3, -0.25) is 0 Å². The van der Waals surface area contributed by atoms with Crippen molar-refractivity contribution < 1.29 is 0 Å². The van der Waals surface area contributed by atoms with Crippen LogP contribution in [0.25, 0.3) is 0 Å².